The Hall–Kier alpha value is -1.75. The molecule has 0 atom stereocenters. The Morgan fingerprint density at radius 2 is 1.58 bits per heavy atom. The fraction of sp³-hybridized carbons (Fsp3) is 0.300. The minimum atomic E-state index is -0.247. The van der Waals surface area contributed by atoms with Crippen molar-refractivity contribution in [1.29, 1.82) is 0 Å². The predicted molar refractivity (Wildman–Crippen MR) is 101 cm³/mol. The van der Waals surface area contributed by atoms with Crippen LogP contribution in [0, 0.1) is 0 Å². The third-order valence-corrected chi connectivity index (χ3v) is 4.79. The van der Waals surface area contributed by atoms with E-state index in [1.807, 2.05) is 19.9 Å². The zero-order valence-electron chi connectivity index (χ0n) is 14.1. The van der Waals surface area contributed by atoms with Gasteiger partial charge in [0.15, 0.2) is 6.29 Å². The number of benzene rings is 2. The lowest BCUT2D eigenvalue weighted by Gasteiger charge is -2.34. The Balaban J connectivity index is 1.94. The van der Waals surface area contributed by atoms with E-state index in [1.165, 1.54) is 21.8 Å². The summed E-state index contributed by atoms with van der Waals surface area (Å²) in [6, 6.07) is 18.9. The van der Waals surface area contributed by atoms with Crippen molar-refractivity contribution in [2.24, 2.45) is 0 Å². The predicted octanol–water partition coefficient (Wildman–Crippen LogP) is 5.00. The Labute approximate surface area is 148 Å². The van der Waals surface area contributed by atoms with Crippen LogP contribution in [0.3, 0.4) is 0 Å². The molecule has 0 bridgehead atoms. The average molecular weight is 341 g/mol. The average Bonchev–Trinajstić information content (AvgIpc) is 2.63. The first-order valence-electron chi connectivity index (χ1n) is 8.35. The van der Waals surface area contributed by atoms with Crippen LogP contribution in [0.4, 0.5) is 5.69 Å². The minimum absolute atomic E-state index is 0.247. The summed E-state index contributed by atoms with van der Waals surface area (Å²) >= 11 is 1.76. The van der Waals surface area contributed by atoms with Gasteiger partial charge in [-0.15, -0.1) is 0 Å². The molecule has 0 aromatic heterocycles. The number of para-hydroxylation sites is 1. The summed E-state index contributed by atoms with van der Waals surface area (Å²) in [4.78, 5) is 3.56. The van der Waals surface area contributed by atoms with E-state index in [1.54, 1.807) is 11.8 Å². The van der Waals surface area contributed by atoms with Crippen LogP contribution in [0.5, 0.6) is 0 Å². The largest absolute Gasteiger partial charge is 0.351 e. The summed E-state index contributed by atoms with van der Waals surface area (Å²) in [5.74, 6) is 0. The molecule has 0 radical (unpaired) electrons. The van der Waals surface area contributed by atoms with Gasteiger partial charge in [-0.1, -0.05) is 54.2 Å². The van der Waals surface area contributed by atoms with Gasteiger partial charge in [0, 0.05) is 23.5 Å². The molecular weight excluding hydrogens is 318 g/mol. The highest BCUT2D eigenvalue weighted by Gasteiger charge is 2.24. The normalized spacial score (nSPS) is 13.8. The molecule has 1 aliphatic rings. The molecule has 0 N–H and O–H groups in total. The van der Waals surface area contributed by atoms with Crippen LogP contribution in [-0.2, 0) is 9.47 Å². The first-order valence-corrected chi connectivity index (χ1v) is 9.23. The van der Waals surface area contributed by atoms with Gasteiger partial charge in [-0.05, 0) is 31.5 Å². The van der Waals surface area contributed by atoms with Crippen molar-refractivity contribution in [1.82, 2.24) is 0 Å². The van der Waals surface area contributed by atoms with Crippen molar-refractivity contribution in [2.45, 2.75) is 25.0 Å². The first kappa shape index (κ1) is 17.1. The summed E-state index contributed by atoms with van der Waals surface area (Å²) in [5.41, 5.74) is 3.59. The van der Waals surface area contributed by atoms with Gasteiger partial charge >= 0.3 is 0 Å². The van der Waals surface area contributed by atoms with Crippen LogP contribution in [0.25, 0.3) is 5.70 Å². The lowest BCUT2D eigenvalue weighted by atomic mass is 10.1. The number of nitrogens with zero attached hydrogens (tertiary/aromatic N) is 1. The van der Waals surface area contributed by atoms with Crippen molar-refractivity contribution in [3.63, 3.8) is 0 Å². The number of ether oxygens (including phenoxy) is 2. The van der Waals surface area contributed by atoms with Gasteiger partial charge in [0.1, 0.15) is 0 Å². The highest BCUT2D eigenvalue weighted by atomic mass is 32.2. The molecule has 3 nitrogen and oxygen atoms in total. The third-order valence-electron chi connectivity index (χ3n) is 3.85. The second kappa shape index (κ2) is 8.38. The fourth-order valence-electron chi connectivity index (χ4n) is 2.80. The van der Waals surface area contributed by atoms with Gasteiger partial charge in [0.05, 0.1) is 17.9 Å². The van der Waals surface area contributed by atoms with E-state index in [-0.39, 0.29) is 6.29 Å². The molecule has 4 heteroatoms. The van der Waals surface area contributed by atoms with Crippen LogP contribution in [-0.4, -0.2) is 26.0 Å². The van der Waals surface area contributed by atoms with Crippen molar-refractivity contribution >= 4 is 23.1 Å². The van der Waals surface area contributed by atoms with Gasteiger partial charge in [-0.25, -0.2) is 0 Å². The molecule has 0 fully saturated rings. The van der Waals surface area contributed by atoms with E-state index in [9.17, 15) is 0 Å². The number of thioether (sulfide) groups is 1. The maximum Gasteiger partial charge on any atom is 0.175 e. The second-order valence-corrected chi connectivity index (χ2v) is 6.32. The molecule has 1 heterocycles. The molecule has 0 spiro atoms. The minimum Gasteiger partial charge on any atom is -0.351 e. The molecule has 0 unspecified atom stereocenters. The molecule has 126 valence electrons. The lowest BCUT2D eigenvalue weighted by Crippen LogP contribution is -2.35. The number of anilines is 1. The second-order valence-electron chi connectivity index (χ2n) is 5.41. The fourth-order valence-corrected chi connectivity index (χ4v) is 3.75. The quantitative estimate of drug-likeness (QED) is 0.661. The van der Waals surface area contributed by atoms with E-state index in [0.717, 1.165) is 0 Å². The summed E-state index contributed by atoms with van der Waals surface area (Å²) in [6.45, 7) is 5.94. The standard InChI is InChI=1S/C20H23NO2S/c1-3-22-20(23-4-2)14-21-17-12-8-9-13-19(17)24-15-18(21)16-10-6-5-7-11-16/h5-13,15,20H,3-4,14H2,1-2H3. The number of hydrogen-bond donors (Lipinski definition) is 0. The van der Waals surface area contributed by atoms with Gasteiger partial charge in [-0.3, -0.25) is 0 Å². The van der Waals surface area contributed by atoms with E-state index in [0.29, 0.717) is 19.8 Å². The Bertz CT molecular complexity index is 681. The van der Waals surface area contributed by atoms with Crippen LogP contribution in [0.15, 0.2) is 64.9 Å². The summed E-state index contributed by atoms with van der Waals surface area (Å²) in [7, 11) is 0. The van der Waals surface area contributed by atoms with Gasteiger partial charge < -0.3 is 14.4 Å². The third kappa shape index (κ3) is 3.83. The summed E-state index contributed by atoms with van der Waals surface area (Å²) in [6.07, 6.45) is -0.247. The maximum absolute atomic E-state index is 5.79. The van der Waals surface area contributed by atoms with Crippen LogP contribution >= 0.6 is 11.8 Å². The molecule has 0 saturated heterocycles. The van der Waals surface area contributed by atoms with E-state index >= 15 is 0 Å². The van der Waals surface area contributed by atoms with Crippen LogP contribution in [0.1, 0.15) is 19.4 Å². The smallest absolute Gasteiger partial charge is 0.175 e. The topological polar surface area (TPSA) is 21.7 Å². The molecule has 2 aromatic carbocycles. The van der Waals surface area contributed by atoms with Crippen molar-refractivity contribution < 1.29 is 9.47 Å². The van der Waals surface area contributed by atoms with Crippen LogP contribution < -0.4 is 4.90 Å². The number of hydrogen-bond acceptors (Lipinski definition) is 4. The highest BCUT2D eigenvalue weighted by Crippen LogP contribution is 2.41. The Morgan fingerprint density at radius 3 is 2.29 bits per heavy atom. The lowest BCUT2D eigenvalue weighted by molar-refractivity contribution is -0.128. The molecule has 0 amide bonds. The molecule has 1 aliphatic heterocycles. The monoisotopic (exact) mass is 341 g/mol. The van der Waals surface area contributed by atoms with Gasteiger partial charge in [0.25, 0.3) is 0 Å². The van der Waals surface area contributed by atoms with Crippen LogP contribution in [0.2, 0.25) is 0 Å². The molecule has 2 aromatic rings. The van der Waals surface area contributed by atoms with Gasteiger partial charge in [0.2, 0.25) is 0 Å². The first-order chi connectivity index (χ1) is 11.8. The zero-order valence-corrected chi connectivity index (χ0v) is 15.0. The van der Waals surface area contributed by atoms with E-state index in [2.05, 4.69) is 58.8 Å². The Morgan fingerprint density at radius 1 is 0.917 bits per heavy atom. The van der Waals surface area contributed by atoms with E-state index in [4.69, 9.17) is 9.47 Å². The van der Waals surface area contributed by atoms with Crippen molar-refractivity contribution in [3.8, 4) is 0 Å². The zero-order chi connectivity index (χ0) is 16.8. The molecule has 3 rings (SSSR count). The molecular formula is C20H23NO2S. The summed E-state index contributed by atoms with van der Waals surface area (Å²) in [5, 5.41) is 2.21. The SMILES string of the molecule is CCOC(CN1C(c2ccccc2)=CSc2ccccc21)OCC. The molecule has 0 aliphatic carbocycles. The van der Waals surface area contributed by atoms with Crippen molar-refractivity contribution in [2.75, 3.05) is 24.7 Å². The van der Waals surface area contributed by atoms with E-state index < -0.39 is 0 Å². The molecule has 0 saturated carbocycles. The Kier molecular flexibility index (Phi) is 5.96. The summed E-state index contributed by atoms with van der Waals surface area (Å²) < 4.78 is 11.6. The maximum atomic E-state index is 5.79. The highest BCUT2D eigenvalue weighted by molar-refractivity contribution is 8.02. The number of fused-ring (bicyclic) bond motifs is 1. The molecule has 24 heavy (non-hydrogen) atoms. The van der Waals surface area contributed by atoms with Gasteiger partial charge in [-0.2, -0.15) is 0 Å². The van der Waals surface area contributed by atoms with Crippen molar-refractivity contribution in [3.05, 3.63) is 65.6 Å². The number of rotatable bonds is 7.